The van der Waals surface area contributed by atoms with E-state index in [0.717, 1.165) is 25.7 Å². The summed E-state index contributed by atoms with van der Waals surface area (Å²) in [6.45, 7) is 1.84. The number of piperazine rings is 1. The van der Waals surface area contributed by atoms with Gasteiger partial charge in [-0.15, -0.1) is 0 Å². The Kier molecular flexibility index (Phi) is 4.75. The molecule has 2 rings (SSSR count). The topological polar surface area (TPSA) is 92.5 Å². The number of nitrogens with one attached hydrogen (secondary N) is 1. The summed E-state index contributed by atoms with van der Waals surface area (Å²) in [4.78, 5) is 37.0. The van der Waals surface area contributed by atoms with Crippen molar-refractivity contribution in [3.8, 4) is 0 Å². The molecule has 1 unspecified atom stereocenters. The van der Waals surface area contributed by atoms with Gasteiger partial charge in [-0.1, -0.05) is 6.92 Å². The predicted molar refractivity (Wildman–Crippen MR) is 73.5 cm³/mol. The second-order valence-electron chi connectivity index (χ2n) is 5.84. The highest BCUT2D eigenvalue weighted by Gasteiger charge is 2.36. The fourth-order valence-corrected chi connectivity index (χ4v) is 3.09. The number of amides is 3. The van der Waals surface area contributed by atoms with Crippen LogP contribution >= 0.6 is 0 Å². The van der Waals surface area contributed by atoms with Gasteiger partial charge in [-0.2, -0.15) is 0 Å². The Hall–Kier alpha value is -1.43. The van der Waals surface area contributed by atoms with Crippen LogP contribution in [0.2, 0.25) is 0 Å². The summed E-state index contributed by atoms with van der Waals surface area (Å²) in [5.41, 5.74) is 5.86. The molecule has 1 saturated carbocycles. The van der Waals surface area contributed by atoms with E-state index >= 15 is 0 Å². The number of hydrogen-bond acceptors (Lipinski definition) is 4. The first-order valence-electron chi connectivity index (χ1n) is 7.40. The molecule has 3 N–H and O–H groups in total. The molecule has 0 radical (unpaired) electrons. The zero-order valence-electron chi connectivity index (χ0n) is 11.9. The van der Waals surface area contributed by atoms with Crippen LogP contribution in [-0.4, -0.2) is 41.2 Å². The number of imide groups is 1. The third-order valence-corrected chi connectivity index (χ3v) is 4.32. The number of rotatable bonds is 3. The molecular formula is C14H23N3O3. The van der Waals surface area contributed by atoms with E-state index in [1.807, 2.05) is 6.92 Å². The molecule has 1 atom stereocenters. The summed E-state index contributed by atoms with van der Waals surface area (Å²) in [5, 5.41) is 2.29. The number of hydrogen-bond donors (Lipinski definition) is 2. The molecule has 6 heteroatoms. The fourth-order valence-electron chi connectivity index (χ4n) is 3.09. The minimum Gasteiger partial charge on any atom is -0.328 e. The Balaban J connectivity index is 1.96. The minimum atomic E-state index is -0.508. The first-order chi connectivity index (χ1) is 9.51. The van der Waals surface area contributed by atoms with Gasteiger partial charge in [-0.25, -0.2) is 0 Å². The van der Waals surface area contributed by atoms with Crippen molar-refractivity contribution in [2.24, 2.45) is 11.7 Å². The van der Waals surface area contributed by atoms with Crippen LogP contribution in [0.3, 0.4) is 0 Å². The van der Waals surface area contributed by atoms with Crippen molar-refractivity contribution in [2.75, 3.05) is 6.54 Å². The van der Waals surface area contributed by atoms with Crippen LogP contribution in [-0.2, 0) is 14.4 Å². The molecule has 3 amide bonds. The molecule has 1 aliphatic heterocycles. The second kappa shape index (κ2) is 6.35. The van der Waals surface area contributed by atoms with Crippen LogP contribution in [0.4, 0.5) is 0 Å². The number of nitrogens with two attached hydrogens (primary N) is 1. The van der Waals surface area contributed by atoms with Gasteiger partial charge in [0.2, 0.25) is 17.7 Å². The van der Waals surface area contributed by atoms with Crippen LogP contribution in [0.1, 0.15) is 45.4 Å². The van der Waals surface area contributed by atoms with E-state index in [2.05, 4.69) is 5.32 Å². The van der Waals surface area contributed by atoms with E-state index in [1.54, 1.807) is 0 Å². The van der Waals surface area contributed by atoms with Crippen molar-refractivity contribution in [1.29, 1.82) is 0 Å². The van der Waals surface area contributed by atoms with Crippen LogP contribution in [0, 0.1) is 5.92 Å². The van der Waals surface area contributed by atoms with Crippen molar-refractivity contribution >= 4 is 17.7 Å². The number of carbonyl (C=O) groups is 3. The van der Waals surface area contributed by atoms with Gasteiger partial charge >= 0.3 is 0 Å². The van der Waals surface area contributed by atoms with Crippen LogP contribution in [0.25, 0.3) is 0 Å². The normalized spacial score (nSPS) is 31.1. The van der Waals surface area contributed by atoms with E-state index in [1.165, 1.54) is 4.90 Å². The first kappa shape index (κ1) is 15.0. The lowest BCUT2D eigenvalue weighted by Gasteiger charge is -2.35. The highest BCUT2D eigenvalue weighted by molar-refractivity contribution is 6.04. The molecule has 112 valence electrons. The maximum atomic E-state index is 12.4. The molecule has 0 aromatic heterocycles. The Morgan fingerprint density at radius 1 is 1.30 bits per heavy atom. The minimum absolute atomic E-state index is 0.00465. The Morgan fingerprint density at radius 3 is 2.55 bits per heavy atom. The molecule has 1 aliphatic carbocycles. The highest BCUT2D eigenvalue weighted by atomic mass is 16.2. The van der Waals surface area contributed by atoms with Crippen molar-refractivity contribution in [1.82, 2.24) is 10.2 Å². The van der Waals surface area contributed by atoms with Crippen LogP contribution in [0.15, 0.2) is 0 Å². The van der Waals surface area contributed by atoms with Gasteiger partial charge < -0.3 is 10.6 Å². The molecule has 1 saturated heterocycles. The summed E-state index contributed by atoms with van der Waals surface area (Å²) in [6.07, 6.45) is 4.77. The molecule has 0 bridgehead atoms. The van der Waals surface area contributed by atoms with E-state index in [9.17, 15) is 14.4 Å². The van der Waals surface area contributed by atoms with Gasteiger partial charge in [0, 0.05) is 12.5 Å². The van der Waals surface area contributed by atoms with Gasteiger partial charge in [-0.3, -0.25) is 19.7 Å². The fraction of sp³-hybridized carbons (Fsp3) is 0.786. The maximum Gasteiger partial charge on any atom is 0.249 e. The average molecular weight is 281 g/mol. The Labute approximate surface area is 119 Å². The van der Waals surface area contributed by atoms with E-state index in [0.29, 0.717) is 18.8 Å². The maximum absolute atomic E-state index is 12.4. The largest absolute Gasteiger partial charge is 0.328 e. The van der Waals surface area contributed by atoms with Gasteiger partial charge in [0.15, 0.2) is 0 Å². The summed E-state index contributed by atoms with van der Waals surface area (Å²) >= 11 is 0. The monoisotopic (exact) mass is 281 g/mol. The summed E-state index contributed by atoms with van der Waals surface area (Å²) < 4.78 is 0. The summed E-state index contributed by atoms with van der Waals surface area (Å²) in [5.74, 6) is -0.498. The lowest BCUT2D eigenvalue weighted by atomic mass is 9.84. The van der Waals surface area contributed by atoms with Gasteiger partial charge in [0.25, 0.3) is 0 Å². The molecule has 20 heavy (non-hydrogen) atoms. The molecule has 2 fully saturated rings. The lowest BCUT2D eigenvalue weighted by Crippen LogP contribution is -2.59. The Morgan fingerprint density at radius 2 is 1.95 bits per heavy atom. The molecule has 0 spiro atoms. The Bertz CT molecular complexity index is 402. The van der Waals surface area contributed by atoms with Gasteiger partial charge in [0.1, 0.15) is 12.6 Å². The van der Waals surface area contributed by atoms with Crippen molar-refractivity contribution in [3.05, 3.63) is 0 Å². The SMILES string of the molecule is CCC1C(=O)NC(=O)CN1C(=O)CC1CCC(N)CC1. The van der Waals surface area contributed by atoms with Crippen molar-refractivity contribution < 1.29 is 14.4 Å². The third kappa shape index (κ3) is 3.36. The lowest BCUT2D eigenvalue weighted by molar-refractivity contribution is -0.150. The molecule has 2 aliphatic rings. The van der Waals surface area contributed by atoms with Crippen LogP contribution < -0.4 is 11.1 Å². The molecule has 1 heterocycles. The summed E-state index contributed by atoms with van der Waals surface area (Å²) in [7, 11) is 0. The predicted octanol–water partition coefficient (Wildman–Crippen LogP) is 0.158. The number of nitrogens with zero attached hydrogens (tertiary/aromatic N) is 1. The quantitative estimate of drug-likeness (QED) is 0.721. The molecule has 6 nitrogen and oxygen atoms in total. The van der Waals surface area contributed by atoms with Crippen LogP contribution in [0.5, 0.6) is 0 Å². The number of carbonyl (C=O) groups excluding carboxylic acids is 3. The molecule has 0 aromatic carbocycles. The zero-order chi connectivity index (χ0) is 14.7. The van der Waals surface area contributed by atoms with Gasteiger partial charge in [0.05, 0.1) is 0 Å². The van der Waals surface area contributed by atoms with E-state index in [-0.39, 0.29) is 24.4 Å². The second-order valence-corrected chi connectivity index (χ2v) is 5.84. The van der Waals surface area contributed by atoms with Crippen molar-refractivity contribution in [2.45, 2.75) is 57.5 Å². The van der Waals surface area contributed by atoms with E-state index in [4.69, 9.17) is 5.73 Å². The standard InChI is InChI=1S/C14H23N3O3/c1-2-11-14(20)16-12(18)8-17(11)13(19)7-9-3-5-10(15)6-4-9/h9-11H,2-8,15H2,1H3,(H,16,18,20). The molecule has 0 aromatic rings. The van der Waals surface area contributed by atoms with E-state index < -0.39 is 11.9 Å². The summed E-state index contributed by atoms with van der Waals surface area (Å²) in [6, 6.07) is -0.252. The first-order valence-corrected chi connectivity index (χ1v) is 7.40. The van der Waals surface area contributed by atoms with Gasteiger partial charge in [-0.05, 0) is 38.0 Å². The molecular weight excluding hydrogens is 258 g/mol. The smallest absolute Gasteiger partial charge is 0.249 e. The zero-order valence-corrected chi connectivity index (χ0v) is 11.9. The highest BCUT2D eigenvalue weighted by Crippen LogP contribution is 2.27. The average Bonchev–Trinajstić information content (AvgIpc) is 2.40. The third-order valence-electron chi connectivity index (χ3n) is 4.32. The van der Waals surface area contributed by atoms with Crippen molar-refractivity contribution in [3.63, 3.8) is 0 Å².